The van der Waals surface area contributed by atoms with E-state index in [-0.39, 0.29) is 49.8 Å². The van der Waals surface area contributed by atoms with Gasteiger partial charge in [0.15, 0.2) is 0 Å². The fourth-order valence-electron chi connectivity index (χ4n) is 6.96. The number of fused-ring (bicyclic) bond motifs is 1. The van der Waals surface area contributed by atoms with E-state index in [1.165, 1.54) is 4.90 Å². The molecule has 2 atom stereocenters. The van der Waals surface area contributed by atoms with Crippen LogP contribution in [0.2, 0.25) is 0 Å². The van der Waals surface area contributed by atoms with Crippen molar-refractivity contribution in [3.63, 3.8) is 0 Å². The second kappa shape index (κ2) is 15.4. The molecule has 0 spiro atoms. The van der Waals surface area contributed by atoms with E-state index in [2.05, 4.69) is 5.32 Å². The molecule has 51 heavy (non-hydrogen) atoms. The monoisotopic (exact) mass is 702 g/mol. The molecule has 1 aliphatic heterocycles. The third-order valence-electron chi connectivity index (χ3n) is 9.67. The number of carbonyl (C=O) groups excluding carboxylic acids is 2. The van der Waals surface area contributed by atoms with E-state index in [0.29, 0.717) is 17.4 Å². The summed E-state index contributed by atoms with van der Waals surface area (Å²) >= 11 is 0. The third-order valence-corrected chi connectivity index (χ3v) is 9.67. The van der Waals surface area contributed by atoms with Gasteiger partial charge < -0.3 is 20.1 Å². The van der Waals surface area contributed by atoms with Crippen molar-refractivity contribution in [2.24, 2.45) is 5.92 Å². The smallest absolute Gasteiger partial charge is 0.416 e. The summed E-state index contributed by atoms with van der Waals surface area (Å²) in [5.41, 5.74) is 3.07. The van der Waals surface area contributed by atoms with Crippen LogP contribution in [-0.2, 0) is 46.6 Å². The second-order valence-electron chi connectivity index (χ2n) is 13.3. The van der Waals surface area contributed by atoms with Crippen molar-refractivity contribution in [2.45, 2.75) is 76.4 Å². The molecule has 1 saturated carbocycles. The van der Waals surface area contributed by atoms with Gasteiger partial charge in [-0.15, -0.1) is 0 Å². The lowest BCUT2D eigenvalue weighted by atomic mass is 9.91. The average molecular weight is 703 g/mol. The summed E-state index contributed by atoms with van der Waals surface area (Å²) in [5, 5.41) is 12.8. The van der Waals surface area contributed by atoms with E-state index in [9.17, 15) is 37.1 Å². The minimum atomic E-state index is -4.71. The number of hydrogen-bond donors (Lipinski definition) is 2. The Labute approximate surface area is 293 Å². The first-order valence-corrected chi connectivity index (χ1v) is 17.0. The molecule has 0 bridgehead atoms. The van der Waals surface area contributed by atoms with Crippen LogP contribution in [0.5, 0.6) is 5.75 Å². The molecule has 2 N–H and O–H groups in total. The van der Waals surface area contributed by atoms with Gasteiger partial charge >= 0.3 is 12.1 Å². The molecule has 1 aliphatic carbocycles. The lowest BCUT2D eigenvalue weighted by Gasteiger charge is -2.37. The highest BCUT2D eigenvalue weighted by Gasteiger charge is 2.37. The van der Waals surface area contributed by atoms with Crippen molar-refractivity contribution in [2.75, 3.05) is 0 Å². The Morgan fingerprint density at radius 3 is 2.25 bits per heavy atom. The molecule has 1 unspecified atom stereocenters. The van der Waals surface area contributed by atoms with Gasteiger partial charge in [-0.05, 0) is 82.5 Å². The van der Waals surface area contributed by atoms with Crippen LogP contribution in [0.1, 0.15) is 59.9 Å². The number of amides is 2. The molecule has 6 rings (SSSR count). The molecule has 266 valence electrons. The molecule has 7 nitrogen and oxygen atoms in total. The van der Waals surface area contributed by atoms with Crippen molar-refractivity contribution < 1.29 is 41.8 Å². The molecule has 0 aromatic heterocycles. The van der Waals surface area contributed by atoms with E-state index < -0.39 is 41.5 Å². The molecule has 4 aromatic rings. The van der Waals surface area contributed by atoms with Crippen LogP contribution in [0, 0.1) is 11.7 Å². The highest BCUT2D eigenvalue weighted by Crippen LogP contribution is 2.33. The molecular formula is C40H38F4N2O5. The van der Waals surface area contributed by atoms with Crippen LogP contribution < -0.4 is 10.1 Å². The van der Waals surface area contributed by atoms with Crippen LogP contribution in [0.15, 0.2) is 91.0 Å². The zero-order chi connectivity index (χ0) is 36.1. The van der Waals surface area contributed by atoms with Gasteiger partial charge in [0, 0.05) is 25.8 Å². The van der Waals surface area contributed by atoms with E-state index >= 15 is 0 Å². The predicted molar refractivity (Wildman–Crippen MR) is 182 cm³/mol. The maximum absolute atomic E-state index is 13.9. The number of halogens is 4. The maximum Gasteiger partial charge on any atom is 0.416 e. The van der Waals surface area contributed by atoms with Crippen molar-refractivity contribution in [3.05, 3.63) is 125 Å². The first kappa shape index (κ1) is 35.6. The number of carbonyl (C=O) groups is 3. The zero-order valence-corrected chi connectivity index (χ0v) is 27.8. The lowest BCUT2D eigenvalue weighted by Crippen LogP contribution is -2.56. The number of benzene rings is 4. The summed E-state index contributed by atoms with van der Waals surface area (Å²) < 4.78 is 59.3. The van der Waals surface area contributed by atoms with E-state index in [0.717, 1.165) is 60.1 Å². The number of carboxylic acids is 1. The second-order valence-corrected chi connectivity index (χ2v) is 13.3. The van der Waals surface area contributed by atoms with Gasteiger partial charge in [-0.2, -0.15) is 13.2 Å². The predicted octanol–water partition coefficient (Wildman–Crippen LogP) is 7.74. The van der Waals surface area contributed by atoms with Gasteiger partial charge in [0.25, 0.3) is 0 Å². The Bertz CT molecular complexity index is 1870. The Kier molecular flexibility index (Phi) is 10.7. The summed E-state index contributed by atoms with van der Waals surface area (Å²) in [6.45, 7) is -0.256. The summed E-state index contributed by atoms with van der Waals surface area (Å²) in [5.74, 6) is -2.49. The standard InChI is InChI=1S/C40H38F4N2O5/c41-33-17-27(16-32(22-33)40(42,43)44)24-51-34-15-14-30-21-36(46(23-31(30)20-34)37(47)19-25-6-4-5-7-25)38(48)45-35(39(49)50)18-26-10-12-29(13-11-26)28-8-2-1-3-9-28/h1-3,8-17,20,22,25,35-36H,4-7,18-19,21,23-24H2,(H,45,48)(H,49,50)/t35?,36-/m0/s1. The summed E-state index contributed by atoms with van der Waals surface area (Å²) in [4.78, 5) is 41.5. The normalized spacial score (nSPS) is 16.7. The van der Waals surface area contributed by atoms with Gasteiger partial charge in [0.2, 0.25) is 11.8 Å². The van der Waals surface area contributed by atoms with Crippen LogP contribution in [-0.4, -0.2) is 39.9 Å². The van der Waals surface area contributed by atoms with E-state index in [1.54, 1.807) is 18.2 Å². The Morgan fingerprint density at radius 2 is 1.57 bits per heavy atom. The van der Waals surface area contributed by atoms with Crippen LogP contribution in [0.25, 0.3) is 11.1 Å². The third kappa shape index (κ3) is 8.95. The van der Waals surface area contributed by atoms with E-state index in [1.807, 2.05) is 54.6 Å². The van der Waals surface area contributed by atoms with Gasteiger partial charge in [0.05, 0.1) is 5.56 Å². The number of hydrogen-bond acceptors (Lipinski definition) is 4. The molecule has 2 aliphatic rings. The molecule has 1 heterocycles. The molecule has 11 heteroatoms. The fourth-order valence-corrected chi connectivity index (χ4v) is 6.96. The first-order chi connectivity index (χ1) is 24.4. The Balaban J connectivity index is 1.18. The Hall–Kier alpha value is -5.19. The number of aliphatic carboxylic acids is 1. The number of nitrogens with one attached hydrogen (secondary N) is 1. The molecule has 2 amide bonds. The zero-order valence-electron chi connectivity index (χ0n) is 27.8. The van der Waals surface area contributed by atoms with Gasteiger partial charge in [0.1, 0.15) is 30.3 Å². The Morgan fingerprint density at radius 1 is 0.863 bits per heavy atom. The van der Waals surface area contributed by atoms with Crippen LogP contribution in [0.3, 0.4) is 0 Å². The molecular weight excluding hydrogens is 664 g/mol. The number of rotatable bonds is 11. The average Bonchev–Trinajstić information content (AvgIpc) is 3.63. The molecule has 0 radical (unpaired) electrons. The first-order valence-electron chi connectivity index (χ1n) is 17.0. The summed E-state index contributed by atoms with van der Waals surface area (Å²) in [6.07, 6.45) is -0.343. The van der Waals surface area contributed by atoms with Gasteiger partial charge in [-0.25, -0.2) is 9.18 Å². The van der Waals surface area contributed by atoms with Crippen LogP contribution >= 0.6 is 0 Å². The molecule has 0 saturated heterocycles. The summed E-state index contributed by atoms with van der Waals surface area (Å²) in [7, 11) is 0. The number of alkyl halides is 3. The topological polar surface area (TPSA) is 95.9 Å². The quantitative estimate of drug-likeness (QED) is 0.156. The van der Waals surface area contributed by atoms with Crippen LogP contribution in [0.4, 0.5) is 17.6 Å². The van der Waals surface area contributed by atoms with Crippen molar-refractivity contribution >= 4 is 17.8 Å². The largest absolute Gasteiger partial charge is 0.489 e. The summed E-state index contributed by atoms with van der Waals surface area (Å²) in [6, 6.07) is 22.3. The van der Waals surface area contributed by atoms with Crippen molar-refractivity contribution in [3.8, 4) is 16.9 Å². The SMILES string of the molecule is O=C(O)C(Cc1ccc(-c2ccccc2)cc1)NC(=O)[C@@H]1Cc2ccc(OCc3cc(F)cc(C(F)(F)F)c3)cc2CN1C(=O)CC1CCCC1. The number of carboxylic acid groups (broad SMARTS) is 1. The van der Waals surface area contributed by atoms with Crippen molar-refractivity contribution in [1.82, 2.24) is 10.2 Å². The highest BCUT2D eigenvalue weighted by atomic mass is 19.4. The molecule has 1 fully saturated rings. The lowest BCUT2D eigenvalue weighted by molar-refractivity contribution is -0.145. The van der Waals surface area contributed by atoms with Gasteiger partial charge in [-0.3, -0.25) is 9.59 Å². The highest BCUT2D eigenvalue weighted by molar-refractivity contribution is 5.91. The van der Waals surface area contributed by atoms with Gasteiger partial charge in [-0.1, -0.05) is 73.5 Å². The molecule has 4 aromatic carbocycles. The van der Waals surface area contributed by atoms with Crippen molar-refractivity contribution in [1.29, 1.82) is 0 Å². The minimum Gasteiger partial charge on any atom is -0.489 e. The fraction of sp³-hybridized carbons (Fsp3) is 0.325. The van der Waals surface area contributed by atoms with E-state index in [4.69, 9.17) is 4.74 Å². The minimum absolute atomic E-state index is 0.00488. The number of ether oxygens (including phenoxy) is 1. The maximum atomic E-state index is 13.9. The number of nitrogens with zero attached hydrogens (tertiary/aromatic N) is 1.